The molecular weight excluding hydrogens is 134 g/mol. The standard InChI is InChI=1S/C6H11NO3/c7-5-2-1-3-9-6(8)10-4-5/h5H,1-4,7H2. The monoisotopic (exact) mass is 145 g/mol. The summed E-state index contributed by atoms with van der Waals surface area (Å²) in [6, 6.07) is -0.0205. The molecule has 1 heterocycles. The van der Waals surface area contributed by atoms with Gasteiger partial charge in [0.15, 0.2) is 0 Å². The zero-order valence-corrected chi connectivity index (χ0v) is 5.71. The first-order valence-corrected chi connectivity index (χ1v) is 3.34. The van der Waals surface area contributed by atoms with Gasteiger partial charge in [0.2, 0.25) is 0 Å². The molecule has 0 radical (unpaired) electrons. The Balaban J connectivity index is 2.29. The molecule has 1 aliphatic heterocycles. The van der Waals surface area contributed by atoms with Gasteiger partial charge in [-0.05, 0) is 12.8 Å². The van der Waals surface area contributed by atoms with Crippen molar-refractivity contribution in [2.75, 3.05) is 13.2 Å². The number of cyclic esters (lactones) is 2. The van der Waals surface area contributed by atoms with Crippen LogP contribution in [0.15, 0.2) is 0 Å². The molecule has 1 rings (SSSR count). The Labute approximate surface area is 59.3 Å². The Hall–Kier alpha value is -0.770. The number of nitrogens with two attached hydrogens (primary N) is 1. The van der Waals surface area contributed by atoms with E-state index in [1.165, 1.54) is 0 Å². The fourth-order valence-electron chi connectivity index (χ4n) is 0.801. The van der Waals surface area contributed by atoms with Gasteiger partial charge in [0.25, 0.3) is 0 Å². The van der Waals surface area contributed by atoms with Crippen LogP contribution >= 0.6 is 0 Å². The van der Waals surface area contributed by atoms with Crippen molar-refractivity contribution in [3.63, 3.8) is 0 Å². The van der Waals surface area contributed by atoms with E-state index >= 15 is 0 Å². The summed E-state index contributed by atoms with van der Waals surface area (Å²) in [5.74, 6) is 0. The van der Waals surface area contributed by atoms with Crippen LogP contribution < -0.4 is 5.73 Å². The molecule has 1 unspecified atom stereocenters. The molecule has 1 atom stereocenters. The summed E-state index contributed by atoms with van der Waals surface area (Å²) in [6.07, 6.45) is 1.08. The van der Waals surface area contributed by atoms with Gasteiger partial charge in [-0.2, -0.15) is 0 Å². The van der Waals surface area contributed by atoms with Crippen molar-refractivity contribution in [2.45, 2.75) is 18.9 Å². The van der Waals surface area contributed by atoms with Crippen LogP contribution in [0.4, 0.5) is 4.79 Å². The van der Waals surface area contributed by atoms with E-state index < -0.39 is 6.16 Å². The van der Waals surface area contributed by atoms with E-state index in [4.69, 9.17) is 5.73 Å². The summed E-state index contributed by atoms with van der Waals surface area (Å²) in [4.78, 5) is 10.5. The highest BCUT2D eigenvalue weighted by atomic mass is 16.7. The van der Waals surface area contributed by atoms with Crippen molar-refractivity contribution >= 4 is 6.16 Å². The second kappa shape index (κ2) is 3.41. The smallest absolute Gasteiger partial charge is 0.434 e. The third-order valence-corrected chi connectivity index (χ3v) is 1.35. The minimum atomic E-state index is -0.602. The van der Waals surface area contributed by atoms with Gasteiger partial charge in [-0.25, -0.2) is 4.79 Å². The van der Waals surface area contributed by atoms with Crippen molar-refractivity contribution in [1.82, 2.24) is 0 Å². The van der Waals surface area contributed by atoms with Gasteiger partial charge < -0.3 is 15.2 Å². The molecule has 0 bridgehead atoms. The summed E-state index contributed by atoms with van der Waals surface area (Å²) < 4.78 is 9.22. The summed E-state index contributed by atoms with van der Waals surface area (Å²) in [5, 5.41) is 0. The number of hydrogen-bond donors (Lipinski definition) is 1. The average Bonchev–Trinajstić information content (AvgIpc) is 1.90. The molecule has 58 valence electrons. The quantitative estimate of drug-likeness (QED) is 0.497. The van der Waals surface area contributed by atoms with Crippen LogP contribution in [-0.2, 0) is 9.47 Å². The Morgan fingerprint density at radius 1 is 1.50 bits per heavy atom. The molecule has 4 heteroatoms. The van der Waals surface area contributed by atoms with E-state index in [2.05, 4.69) is 9.47 Å². The second-order valence-corrected chi connectivity index (χ2v) is 2.31. The molecule has 1 saturated heterocycles. The van der Waals surface area contributed by atoms with Crippen LogP contribution in [0.25, 0.3) is 0 Å². The maximum atomic E-state index is 10.5. The highest BCUT2D eigenvalue weighted by molar-refractivity contribution is 5.59. The lowest BCUT2D eigenvalue weighted by molar-refractivity contribution is 0.0384. The van der Waals surface area contributed by atoms with Crippen molar-refractivity contribution in [2.24, 2.45) is 5.73 Å². The fraction of sp³-hybridized carbons (Fsp3) is 0.833. The largest absolute Gasteiger partial charge is 0.508 e. The molecular formula is C6H11NO3. The van der Waals surface area contributed by atoms with E-state index in [0.29, 0.717) is 6.61 Å². The lowest BCUT2D eigenvalue weighted by Gasteiger charge is -2.15. The highest BCUT2D eigenvalue weighted by Crippen LogP contribution is 2.01. The van der Waals surface area contributed by atoms with Gasteiger partial charge in [-0.15, -0.1) is 0 Å². The van der Waals surface area contributed by atoms with Crippen LogP contribution in [0.2, 0.25) is 0 Å². The van der Waals surface area contributed by atoms with Crippen molar-refractivity contribution in [3.8, 4) is 0 Å². The molecule has 0 aliphatic carbocycles. The minimum Gasteiger partial charge on any atom is -0.434 e. The van der Waals surface area contributed by atoms with Gasteiger partial charge in [-0.1, -0.05) is 0 Å². The van der Waals surface area contributed by atoms with Crippen LogP contribution in [0, 0.1) is 0 Å². The zero-order chi connectivity index (χ0) is 7.40. The third kappa shape index (κ3) is 2.23. The number of carbonyl (C=O) groups excluding carboxylic acids is 1. The van der Waals surface area contributed by atoms with E-state index in [0.717, 1.165) is 12.8 Å². The number of hydrogen-bond acceptors (Lipinski definition) is 4. The topological polar surface area (TPSA) is 61.5 Å². The average molecular weight is 145 g/mol. The van der Waals surface area contributed by atoms with Gasteiger partial charge in [0.1, 0.15) is 6.61 Å². The van der Waals surface area contributed by atoms with Crippen LogP contribution in [-0.4, -0.2) is 25.4 Å². The van der Waals surface area contributed by atoms with Crippen LogP contribution in [0.5, 0.6) is 0 Å². The van der Waals surface area contributed by atoms with Gasteiger partial charge >= 0.3 is 6.16 Å². The number of rotatable bonds is 0. The first-order valence-electron chi connectivity index (χ1n) is 3.34. The lowest BCUT2D eigenvalue weighted by Crippen LogP contribution is -2.30. The number of ether oxygens (including phenoxy) is 2. The lowest BCUT2D eigenvalue weighted by atomic mass is 10.2. The predicted octanol–water partition coefficient (Wildman–Crippen LogP) is 0.261. The van der Waals surface area contributed by atoms with Gasteiger partial charge in [0.05, 0.1) is 6.61 Å². The summed E-state index contributed by atoms with van der Waals surface area (Å²) >= 11 is 0. The normalized spacial score (nSPS) is 27.7. The van der Waals surface area contributed by atoms with Crippen LogP contribution in [0.1, 0.15) is 12.8 Å². The molecule has 1 fully saturated rings. The van der Waals surface area contributed by atoms with Crippen molar-refractivity contribution in [3.05, 3.63) is 0 Å². The molecule has 0 spiro atoms. The van der Waals surface area contributed by atoms with E-state index in [9.17, 15) is 4.79 Å². The second-order valence-electron chi connectivity index (χ2n) is 2.31. The minimum absolute atomic E-state index is 0.0205. The summed E-state index contributed by atoms with van der Waals surface area (Å²) in [7, 11) is 0. The molecule has 1 aliphatic rings. The molecule has 0 aromatic rings. The number of carbonyl (C=O) groups is 1. The van der Waals surface area contributed by atoms with Crippen LogP contribution in [0.3, 0.4) is 0 Å². The first kappa shape index (κ1) is 7.34. The van der Waals surface area contributed by atoms with Crippen molar-refractivity contribution in [1.29, 1.82) is 0 Å². The molecule has 0 aromatic carbocycles. The Morgan fingerprint density at radius 2 is 2.30 bits per heavy atom. The molecule has 0 aromatic heterocycles. The first-order chi connectivity index (χ1) is 4.79. The molecule has 0 amide bonds. The zero-order valence-electron chi connectivity index (χ0n) is 5.71. The van der Waals surface area contributed by atoms with Crippen molar-refractivity contribution < 1.29 is 14.3 Å². The van der Waals surface area contributed by atoms with E-state index in [-0.39, 0.29) is 12.6 Å². The molecule has 2 N–H and O–H groups in total. The highest BCUT2D eigenvalue weighted by Gasteiger charge is 2.11. The van der Waals surface area contributed by atoms with Gasteiger partial charge in [0, 0.05) is 6.04 Å². The Kier molecular flexibility index (Phi) is 2.50. The van der Waals surface area contributed by atoms with E-state index in [1.807, 2.05) is 0 Å². The Morgan fingerprint density at radius 3 is 3.10 bits per heavy atom. The fourth-order valence-corrected chi connectivity index (χ4v) is 0.801. The van der Waals surface area contributed by atoms with E-state index in [1.54, 1.807) is 0 Å². The molecule has 10 heavy (non-hydrogen) atoms. The summed E-state index contributed by atoms with van der Waals surface area (Å²) in [6.45, 7) is 0.700. The molecule has 0 saturated carbocycles. The molecule has 4 nitrogen and oxygen atoms in total. The third-order valence-electron chi connectivity index (χ3n) is 1.35. The summed E-state index contributed by atoms with van der Waals surface area (Å²) in [5.41, 5.74) is 5.53. The predicted molar refractivity (Wildman–Crippen MR) is 34.5 cm³/mol. The maximum absolute atomic E-state index is 10.5. The van der Waals surface area contributed by atoms with Gasteiger partial charge in [-0.3, -0.25) is 0 Å². The SMILES string of the molecule is NC1CCCOC(=O)OC1. The maximum Gasteiger partial charge on any atom is 0.508 e. The Bertz CT molecular complexity index is 126.